The molecule has 10 heteroatoms. The molecule has 0 atom stereocenters. The van der Waals surface area contributed by atoms with Gasteiger partial charge in [0.1, 0.15) is 22.0 Å². The predicted molar refractivity (Wildman–Crippen MR) is 97.9 cm³/mol. The summed E-state index contributed by atoms with van der Waals surface area (Å²) in [5.41, 5.74) is 0.806. The quantitative estimate of drug-likeness (QED) is 0.666. The van der Waals surface area contributed by atoms with Crippen molar-refractivity contribution in [1.29, 1.82) is 0 Å². The lowest BCUT2D eigenvalue weighted by atomic mass is 10.2. The Labute approximate surface area is 159 Å². The van der Waals surface area contributed by atoms with E-state index in [9.17, 15) is 17.6 Å². The highest BCUT2D eigenvalue weighted by Crippen LogP contribution is 2.25. The first-order valence-electron chi connectivity index (χ1n) is 7.57. The Morgan fingerprint density at radius 1 is 1.19 bits per heavy atom. The molecule has 0 spiro atoms. The molecule has 1 amide bonds. The van der Waals surface area contributed by atoms with Gasteiger partial charge < -0.3 is 9.84 Å². The monoisotopic (exact) mass is 409 g/mol. The van der Waals surface area contributed by atoms with E-state index in [0.29, 0.717) is 11.4 Å². The molecule has 0 bridgehead atoms. The van der Waals surface area contributed by atoms with Crippen LogP contribution in [0.3, 0.4) is 0 Å². The number of benzene rings is 2. The van der Waals surface area contributed by atoms with Gasteiger partial charge in [-0.3, -0.25) is 9.52 Å². The van der Waals surface area contributed by atoms with Crippen LogP contribution in [0.25, 0.3) is 0 Å². The summed E-state index contributed by atoms with van der Waals surface area (Å²) < 4.78 is 45.3. The molecule has 1 aromatic heterocycles. The van der Waals surface area contributed by atoms with Crippen LogP contribution in [0.2, 0.25) is 5.02 Å². The van der Waals surface area contributed by atoms with E-state index in [1.807, 2.05) is 0 Å². The summed E-state index contributed by atoms with van der Waals surface area (Å²) in [5, 5.41) is 5.91. The Morgan fingerprint density at radius 2 is 1.93 bits per heavy atom. The molecule has 27 heavy (non-hydrogen) atoms. The molecule has 2 aromatic carbocycles. The van der Waals surface area contributed by atoms with Crippen LogP contribution in [0.1, 0.15) is 16.1 Å². The Hall–Kier alpha value is -2.91. The first-order valence-corrected chi connectivity index (χ1v) is 9.43. The van der Waals surface area contributed by atoms with Crippen LogP contribution in [0.4, 0.5) is 15.8 Å². The molecule has 0 aliphatic rings. The Bertz CT molecular complexity index is 1110. The highest BCUT2D eigenvalue weighted by molar-refractivity contribution is 7.92. The molecule has 0 aliphatic heterocycles. The van der Waals surface area contributed by atoms with Gasteiger partial charge in [0.2, 0.25) is 0 Å². The summed E-state index contributed by atoms with van der Waals surface area (Å²) in [7, 11) is -4.04. The second-order valence-corrected chi connectivity index (χ2v) is 7.57. The van der Waals surface area contributed by atoms with Gasteiger partial charge in [-0.2, -0.15) is 0 Å². The van der Waals surface area contributed by atoms with E-state index in [1.165, 1.54) is 18.3 Å². The Kier molecular flexibility index (Phi) is 5.15. The number of nitrogens with zero attached hydrogens (tertiary/aromatic N) is 1. The Balaban J connectivity index is 1.81. The molecule has 0 saturated heterocycles. The Morgan fingerprint density at radius 3 is 2.59 bits per heavy atom. The van der Waals surface area contributed by atoms with E-state index in [1.54, 1.807) is 19.1 Å². The first kappa shape index (κ1) is 18.9. The summed E-state index contributed by atoms with van der Waals surface area (Å²) in [6, 6.07) is 9.04. The number of halogens is 2. The molecule has 0 fully saturated rings. The maximum absolute atomic E-state index is 13.1. The minimum absolute atomic E-state index is 0.190. The van der Waals surface area contributed by atoms with Gasteiger partial charge in [0.25, 0.3) is 15.9 Å². The molecule has 7 nitrogen and oxygen atoms in total. The fourth-order valence-electron chi connectivity index (χ4n) is 2.28. The molecule has 1 heterocycles. The molecule has 2 N–H and O–H groups in total. The second-order valence-electron chi connectivity index (χ2n) is 5.51. The molecule has 0 unspecified atom stereocenters. The molecule has 3 rings (SSSR count). The van der Waals surface area contributed by atoms with Crippen LogP contribution >= 0.6 is 11.6 Å². The molecule has 0 saturated carbocycles. The minimum Gasteiger partial charge on any atom is -0.361 e. The van der Waals surface area contributed by atoms with Gasteiger partial charge in [-0.25, -0.2) is 12.8 Å². The number of carbonyl (C=O) groups is 1. The van der Waals surface area contributed by atoms with Crippen molar-refractivity contribution in [3.63, 3.8) is 0 Å². The van der Waals surface area contributed by atoms with E-state index >= 15 is 0 Å². The number of rotatable bonds is 5. The highest BCUT2D eigenvalue weighted by Gasteiger charge is 2.19. The van der Waals surface area contributed by atoms with Gasteiger partial charge in [0, 0.05) is 5.69 Å². The molecule has 0 radical (unpaired) electrons. The van der Waals surface area contributed by atoms with Crippen molar-refractivity contribution in [3.05, 3.63) is 70.8 Å². The zero-order valence-electron chi connectivity index (χ0n) is 13.9. The smallest absolute Gasteiger partial charge is 0.263 e. The van der Waals surface area contributed by atoms with E-state index in [0.717, 1.165) is 18.2 Å². The molecule has 140 valence electrons. The molecular weight excluding hydrogens is 397 g/mol. The molecule has 3 aromatic rings. The van der Waals surface area contributed by atoms with Crippen LogP contribution in [-0.2, 0) is 10.0 Å². The van der Waals surface area contributed by atoms with E-state index in [4.69, 9.17) is 16.1 Å². The van der Waals surface area contributed by atoms with Crippen molar-refractivity contribution >= 4 is 38.9 Å². The van der Waals surface area contributed by atoms with Gasteiger partial charge in [-0.1, -0.05) is 22.8 Å². The van der Waals surface area contributed by atoms with Crippen molar-refractivity contribution in [2.45, 2.75) is 11.8 Å². The number of nitrogens with one attached hydrogen (secondary N) is 2. The number of sulfonamides is 1. The maximum Gasteiger partial charge on any atom is 0.263 e. The average molecular weight is 410 g/mol. The number of carbonyl (C=O) groups excluding carboxylic acids is 1. The number of anilines is 2. The molecule has 0 aliphatic carbocycles. The lowest BCUT2D eigenvalue weighted by Crippen LogP contribution is -2.15. The highest BCUT2D eigenvalue weighted by atomic mass is 35.5. The van der Waals surface area contributed by atoms with Crippen molar-refractivity contribution in [2.75, 3.05) is 10.0 Å². The third kappa shape index (κ3) is 4.26. The van der Waals surface area contributed by atoms with Crippen molar-refractivity contribution in [3.8, 4) is 0 Å². The van der Waals surface area contributed by atoms with E-state index in [-0.39, 0.29) is 21.2 Å². The third-order valence-electron chi connectivity index (χ3n) is 3.55. The van der Waals surface area contributed by atoms with Gasteiger partial charge in [-0.15, -0.1) is 0 Å². The normalized spacial score (nSPS) is 11.2. The fraction of sp³-hybridized carbons (Fsp3) is 0.0588. The average Bonchev–Trinajstić information content (AvgIpc) is 3.00. The number of amides is 1. The van der Waals surface area contributed by atoms with Crippen LogP contribution in [-0.4, -0.2) is 19.5 Å². The van der Waals surface area contributed by atoms with Crippen molar-refractivity contribution in [1.82, 2.24) is 5.16 Å². The second kappa shape index (κ2) is 7.37. The lowest BCUT2D eigenvalue weighted by molar-refractivity contribution is 0.102. The fourth-order valence-corrected chi connectivity index (χ4v) is 3.86. The van der Waals surface area contributed by atoms with Crippen LogP contribution in [0.5, 0.6) is 0 Å². The summed E-state index contributed by atoms with van der Waals surface area (Å²) in [6.45, 7) is 1.60. The predicted octanol–water partition coefficient (Wildman–Crippen LogP) is 3.83. The van der Waals surface area contributed by atoms with Crippen molar-refractivity contribution < 1.29 is 22.1 Å². The zero-order valence-corrected chi connectivity index (χ0v) is 15.4. The van der Waals surface area contributed by atoms with Crippen LogP contribution in [0.15, 0.2) is 58.1 Å². The number of hydrogen-bond acceptors (Lipinski definition) is 5. The number of hydrogen-bond donors (Lipinski definition) is 2. The SMILES string of the molecule is Cc1oncc1C(=O)Nc1cccc(NS(=O)(=O)c2ccc(F)cc2Cl)c1. The summed E-state index contributed by atoms with van der Waals surface area (Å²) in [5.74, 6) is -0.738. The molecular formula is C17H13ClFN3O4S. The largest absolute Gasteiger partial charge is 0.361 e. The first-order chi connectivity index (χ1) is 12.8. The summed E-state index contributed by atoms with van der Waals surface area (Å²) in [4.78, 5) is 11.9. The van der Waals surface area contributed by atoms with E-state index in [2.05, 4.69) is 15.2 Å². The number of aryl methyl sites for hydroxylation is 1. The van der Waals surface area contributed by atoms with Crippen LogP contribution in [0, 0.1) is 12.7 Å². The maximum atomic E-state index is 13.1. The standard InChI is InChI=1S/C17H13ClFN3O4S/c1-10-14(9-20-26-10)17(23)21-12-3-2-4-13(8-12)22-27(24,25)16-6-5-11(19)7-15(16)18/h2-9,22H,1H3,(H,21,23). The summed E-state index contributed by atoms with van der Waals surface area (Å²) in [6.07, 6.45) is 1.29. The zero-order chi connectivity index (χ0) is 19.6. The number of aromatic nitrogens is 1. The van der Waals surface area contributed by atoms with Crippen molar-refractivity contribution in [2.24, 2.45) is 0 Å². The van der Waals surface area contributed by atoms with Gasteiger partial charge >= 0.3 is 0 Å². The van der Waals surface area contributed by atoms with Gasteiger partial charge in [0.05, 0.1) is 16.9 Å². The summed E-state index contributed by atoms with van der Waals surface area (Å²) >= 11 is 5.82. The van der Waals surface area contributed by atoms with Gasteiger partial charge in [0.15, 0.2) is 0 Å². The third-order valence-corrected chi connectivity index (χ3v) is 5.42. The van der Waals surface area contributed by atoms with Gasteiger partial charge in [-0.05, 0) is 43.3 Å². The minimum atomic E-state index is -4.04. The van der Waals surface area contributed by atoms with E-state index < -0.39 is 21.7 Å². The topological polar surface area (TPSA) is 101 Å². The van der Waals surface area contributed by atoms with Crippen LogP contribution < -0.4 is 10.0 Å². The lowest BCUT2D eigenvalue weighted by Gasteiger charge is -2.11.